The molecule has 0 saturated carbocycles. The second kappa shape index (κ2) is 11.9. The number of rotatable bonds is 3. The number of carbonyl (C=O) groups excluding carboxylic acids is 3. The van der Waals surface area contributed by atoms with Crippen LogP contribution in [-0.4, -0.2) is 83.5 Å². The Bertz CT molecular complexity index is 1460. The molecule has 0 radical (unpaired) electrons. The van der Waals surface area contributed by atoms with E-state index in [9.17, 15) is 14.4 Å². The third-order valence-corrected chi connectivity index (χ3v) is 8.83. The van der Waals surface area contributed by atoms with Crippen molar-refractivity contribution < 1.29 is 23.9 Å². The summed E-state index contributed by atoms with van der Waals surface area (Å²) in [6.45, 7) is 2.36. The number of imidazole rings is 1. The number of carbonyl (C=O) groups is 3. The largest absolute Gasteiger partial charge is 0.493 e. The van der Waals surface area contributed by atoms with E-state index in [0.29, 0.717) is 56.3 Å². The third kappa shape index (κ3) is 5.45. The normalized spacial score (nSPS) is 21.1. The van der Waals surface area contributed by atoms with Crippen molar-refractivity contribution >= 4 is 17.7 Å². The minimum absolute atomic E-state index is 0.0788. The highest BCUT2D eigenvalue weighted by Crippen LogP contribution is 2.39. The van der Waals surface area contributed by atoms with Gasteiger partial charge in [-0.3, -0.25) is 14.4 Å². The van der Waals surface area contributed by atoms with Crippen molar-refractivity contribution in [3.63, 3.8) is 0 Å². The average Bonchev–Trinajstić information content (AvgIpc) is 3.75. The topological polar surface area (TPSA) is 106 Å². The average molecular weight is 572 g/mol. The van der Waals surface area contributed by atoms with Crippen molar-refractivity contribution in [1.82, 2.24) is 24.7 Å². The number of benzene rings is 2. The van der Waals surface area contributed by atoms with Gasteiger partial charge in [0.05, 0.1) is 32.1 Å². The number of nitrogens with one attached hydrogen (secondary N) is 1. The van der Waals surface area contributed by atoms with Crippen LogP contribution in [-0.2, 0) is 29.5 Å². The summed E-state index contributed by atoms with van der Waals surface area (Å²) in [5.41, 5.74) is 3.89. The van der Waals surface area contributed by atoms with Crippen LogP contribution < -0.4 is 14.8 Å². The number of methoxy groups -OCH3 is 1. The molecule has 1 fully saturated rings. The van der Waals surface area contributed by atoms with Crippen LogP contribution in [0.3, 0.4) is 0 Å². The molecule has 0 spiro atoms. The summed E-state index contributed by atoms with van der Waals surface area (Å²) in [6.07, 6.45) is 5.22. The zero-order valence-electron chi connectivity index (χ0n) is 24.1. The summed E-state index contributed by atoms with van der Waals surface area (Å²) < 4.78 is 13.5. The molecule has 10 nitrogen and oxygen atoms in total. The van der Waals surface area contributed by atoms with E-state index in [4.69, 9.17) is 9.47 Å². The van der Waals surface area contributed by atoms with Crippen molar-refractivity contribution in [2.45, 2.75) is 25.2 Å². The first-order chi connectivity index (χ1) is 20.4. The van der Waals surface area contributed by atoms with Crippen LogP contribution in [0.1, 0.15) is 39.5 Å². The minimum Gasteiger partial charge on any atom is -0.493 e. The van der Waals surface area contributed by atoms with Crippen LogP contribution in [0.15, 0.2) is 55.0 Å². The van der Waals surface area contributed by atoms with E-state index in [0.717, 1.165) is 18.4 Å². The number of amides is 3. The molecule has 2 atom stereocenters. The fourth-order valence-electron chi connectivity index (χ4n) is 6.53. The first-order valence-electron chi connectivity index (χ1n) is 14.6. The summed E-state index contributed by atoms with van der Waals surface area (Å²) in [5, 5.41) is 3.10. The van der Waals surface area contributed by atoms with Gasteiger partial charge in [0.15, 0.2) is 11.5 Å². The number of fused-ring (bicyclic) bond motifs is 5. The number of ether oxygens (including phenoxy) is 2. The molecule has 3 heterocycles. The molecule has 0 unspecified atom stereocenters. The Labute approximate surface area is 245 Å². The highest BCUT2D eigenvalue weighted by molar-refractivity contribution is 5.92. The number of aromatic nitrogens is 2. The highest BCUT2D eigenvalue weighted by atomic mass is 16.5. The lowest BCUT2D eigenvalue weighted by molar-refractivity contribution is -0.134. The molecule has 3 amide bonds. The molecule has 3 aromatic rings. The number of nitrogens with zero attached hydrogens (tertiary/aromatic N) is 4. The van der Waals surface area contributed by atoms with E-state index in [2.05, 4.69) is 22.4 Å². The van der Waals surface area contributed by atoms with Crippen LogP contribution in [0.2, 0.25) is 0 Å². The van der Waals surface area contributed by atoms with E-state index in [-0.39, 0.29) is 36.2 Å². The van der Waals surface area contributed by atoms with Gasteiger partial charge in [-0.25, -0.2) is 4.98 Å². The zero-order valence-corrected chi connectivity index (χ0v) is 24.1. The van der Waals surface area contributed by atoms with Gasteiger partial charge in [-0.15, -0.1) is 0 Å². The van der Waals surface area contributed by atoms with E-state index in [1.165, 1.54) is 11.1 Å². The Morgan fingerprint density at radius 1 is 1.02 bits per heavy atom. The standard InChI is InChI=1S/C32H37N5O5/c1-35-20-33-17-27(35)32(40)36-11-5-10-34-30(38)26-19-37(31(39)24-14-21-6-3-4-7-22(21)15-24)18-25(26)23-8-9-28(41-2)29(16-23)42-13-12-36/h3-4,6-9,16-17,20,24-26H,5,10-15,18-19H2,1-2H3,(H,34,38)/t25-,26+/m1/s1. The van der Waals surface area contributed by atoms with Gasteiger partial charge in [-0.05, 0) is 48.1 Å². The van der Waals surface area contributed by atoms with Crippen molar-refractivity contribution in [3.8, 4) is 11.5 Å². The smallest absolute Gasteiger partial charge is 0.272 e. The van der Waals surface area contributed by atoms with Crippen molar-refractivity contribution in [3.05, 3.63) is 77.4 Å². The maximum absolute atomic E-state index is 13.7. The first-order valence-corrected chi connectivity index (χ1v) is 14.6. The Kier molecular flexibility index (Phi) is 7.86. The predicted octanol–water partition coefficient (Wildman–Crippen LogP) is 2.43. The van der Waals surface area contributed by atoms with Gasteiger partial charge in [0, 0.05) is 45.1 Å². The van der Waals surface area contributed by atoms with Crippen molar-refractivity contribution in [2.24, 2.45) is 18.9 Å². The zero-order chi connectivity index (χ0) is 29.2. The van der Waals surface area contributed by atoms with E-state index >= 15 is 0 Å². The van der Waals surface area contributed by atoms with Crippen LogP contribution in [0.4, 0.5) is 0 Å². The van der Waals surface area contributed by atoms with Crippen LogP contribution in [0.5, 0.6) is 11.5 Å². The quantitative estimate of drug-likeness (QED) is 0.518. The molecule has 1 aromatic heterocycles. The fraction of sp³-hybridized carbons (Fsp3) is 0.438. The molecule has 6 rings (SSSR count). The van der Waals surface area contributed by atoms with Gasteiger partial charge >= 0.3 is 0 Å². The lowest BCUT2D eigenvalue weighted by atomic mass is 9.88. The first kappa shape index (κ1) is 27.8. The lowest BCUT2D eigenvalue weighted by Crippen LogP contribution is -2.40. The van der Waals surface area contributed by atoms with Gasteiger partial charge < -0.3 is 29.2 Å². The van der Waals surface area contributed by atoms with Gasteiger partial charge in [0.2, 0.25) is 11.8 Å². The number of hydrogen-bond donors (Lipinski definition) is 1. The molecule has 42 heavy (non-hydrogen) atoms. The van der Waals surface area contributed by atoms with Crippen LogP contribution in [0.25, 0.3) is 0 Å². The summed E-state index contributed by atoms with van der Waals surface area (Å²) in [6, 6.07) is 14.0. The lowest BCUT2D eigenvalue weighted by Gasteiger charge is -2.25. The summed E-state index contributed by atoms with van der Waals surface area (Å²) in [5.74, 6) is 0.351. The highest BCUT2D eigenvalue weighted by Gasteiger charge is 2.43. The molecule has 1 N–H and O–H groups in total. The maximum atomic E-state index is 13.7. The molecule has 10 heteroatoms. The molecular formula is C32H37N5O5. The molecule has 220 valence electrons. The monoisotopic (exact) mass is 571 g/mol. The minimum atomic E-state index is -0.394. The van der Waals surface area contributed by atoms with E-state index in [1.54, 1.807) is 36.1 Å². The van der Waals surface area contributed by atoms with Gasteiger partial charge in [0.25, 0.3) is 5.91 Å². The molecule has 1 aliphatic carbocycles. The second-order valence-electron chi connectivity index (χ2n) is 11.4. The Morgan fingerprint density at radius 2 is 1.79 bits per heavy atom. The summed E-state index contributed by atoms with van der Waals surface area (Å²) in [7, 11) is 3.37. The van der Waals surface area contributed by atoms with E-state index < -0.39 is 5.92 Å². The molecule has 2 aliphatic heterocycles. The maximum Gasteiger partial charge on any atom is 0.272 e. The molecule has 2 aromatic carbocycles. The van der Waals surface area contributed by atoms with Crippen LogP contribution >= 0.6 is 0 Å². The Balaban J connectivity index is 1.23. The Hall–Kier alpha value is -4.34. The SMILES string of the molecule is COc1ccc2cc1OCCN(C(=O)c1cncn1C)CCCNC(=O)[C@H]1CN(C(=O)C3Cc4ccccc4C3)C[C@H]21. The third-order valence-electron chi connectivity index (χ3n) is 8.83. The second-order valence-corrected chi connectivity index (χ2v) is 11.4. The van der Waals surface area contributed by atoms with E-state index in [1.807, 2.05) is 35.2 Å². The fourth-order valence-corrected chi connectivity index (χ4v) is 6.53. The number of hydrogen-bond acceptors (Lipinski definition) is 6. The molecule has 1 saturated heterocycles. The molecule has 2 bridgehead atoms. The summed E-state index contributed by atoms with van der Waals surface area (Å²) >= 11 is 0. The van der Waals surface area contributed by atoms with Gasteiger partial charge in [-0.2, -0.15) is 0 Å². The molecular weight excluding hydrogens is 534 g/mol. The number of aryl methyl sites for hydroxylation is 1. The summed E-state index contributed by atoms with van der Waals surface area (Å²) in [4.78, 5) is 48.3. The van der Waals surface area contributed by atoms with Crippen LogP contribution in [0, 0.1) is 11.8 Å². The van der Waals surface area contributed by atoms with Gasteiger partial charge in [0.1, 0.15) is 12.3 Å². The Morgan fingerprint density at radius 3 is 2.50 bits per heavy atom. The van der Waals surface area contributed by atoms with Crippen molar-refractivity contribution in [2.75, 3.05) is 46.4 Å². The van der Waals surface area contributed by atoms with Gasteiger partial charge in [-0.1, -0.05) is 30.3 Å². The predicted molar refractivity (Wildman–Crippen MR) is 155 cm³/mol. The van der Waals surface area contributed by atoms with Crippen molar-refractivity contribution in [1.29, 1.82) is 0 Å². The molecule has 3 aliphatic rings. The number of likely N-dealkylation sites (tertiary alicyclic amines) is 1.